The third-order valence-corrected chi connectivity index (χ3v) is 2.53. The molecule has 0 spiro atoms. The highest BCUT2D eigenvalue weighted by molar-refractivity contribution is 5.56. The van der Waals surface area contributed by atoms with E-state index in [1.807, 2.05) is 0 Å². The Hall–Kier alpha value is -1.74. The van der Waals surface area contributed by atoms with Crippen LogP contribution in [0, 0.1) is 11.3 Å². The molecule has 0 aliphatic carbocycles. The standard InChI is InChI=1S/C12H13F3N2O/c1-2-9(7-18)17-11-4-3-8(6-16)5-10(11)12(13,14)15/h3-5,9,17-18H,2,7H2,1H3/t9-/m0/s1. The van der Waals surface area contributed by atoms with Gasteiger partial charge in [0.05, 0.1) is 23.8 Å². The molecule has 0 fully saturated rings. The molecule has 1 atom stereocenters. The monoisotopic (exact) mass is 258 g/mol. The van der Waals surface area contributed by atoms with E-state index in [4.69, 9.17) is 10.4 Å². The highest BCUT2D eigenvalue weighted by atomic mass is 19.4. The molecule has 0 unspecified atom stereocenters. The molecule has 0 aliphatic rings. The van der Waals surface area contributed by atoms with Crippen molar-refractivity contribution in [3.05, 3.63) is 29.3 Å². The molecular weight excluding hydrogens is 245 g/mol. The molecule has 1 rings (SSSR count). The van der Waals surface area contributed by atoms with Crippen LogP contribution in [0.4, 0.5) is 18.9 Å². The first kappa shape index (κ1) is 14.3. The van der Waals surface area contributed by atoms with Crippen molar-refractivity contribution >= 4 is 5.69 Å². The number of nitriles is 1. The largest absolute Gasteiger partial charge is 0.418 e. The van der Waals surface area contributed by atoms with Crippen LogP contribution in [0.3, 0.4) is 0 Å². The highest BCUT2D eigenvalue weighted by Crippen LogP contribution is 2.35. The van der Waals surface area contributed by atoms with E-state index >= 15 is 0 Å². The van der Waals surface area contributed by atoms with Crippen LogP contribution in [0.1, 0.15) is 24.5 Å². The molecule has 18 heavy (non-hydrogen) atoms. The van der Waals surface area contributed by atoms with Crippen molar-refractivity contribution in [2.75, 3.05) is 11.9 Å². The first-order valence-electron chi connectivity index (χ1n) is 5.41. The maximum absolute atomic E-state index is 12.8. The number of nitrogens with one attached hydrogen (secondary N) is 1. The predicted octanol–water partition coefficient (Wildman–Crippen LogP) is 2.76. The van der Waals surface area contributed by atoms with E-state index in [1.165, 1.54) is 12.1 Å². The van der Waals surface area contributed by atoms with Crippen LogP contribution in [0.5, 0.6) is 0 Å². The van der Waals surface area contributed by atoms with Gasteiger partial charge < -0.3 is 10.4 Å². The summed E-state index contributed by atoms with van der Waals surface area (Å²) in [7, 11) is 0. The van der Waals surface area contributed by atoms with Crippen molar-refractivity contribution < 1.29 is 18.3 Å². The second kappa shape index (κ2) is 5.74. The van der Waals surface area contributed by atoms with Gasteiger partial charge in [-0.25, -0.2) is 0 Å². The Bertz CT molecular complexity index is 448. The maximum atomic E-state index is 12.8. The lowest BCUT2D eigenvalue weighted by Gasteiger charge is -2.19. The summed E-state index contributed by atoms with van der Waals surface area (Å²) >= 11 is 0. The number of alkyl halides is 3. The van der Waals surface area contributed by atoms with Gasteiger partial charge in [0.2, 0.25) is 0 Å². The molecule has 2 N–H and O–H groups in total. The molecule has 0 radical (unpaired) electrons. The zero-order chi connectivity index (χ0) is 13.8. The molecule has 0 aromatic heterocycles. The quantitative estimate of drug-likeness (QED) is 0.873. The summed E-state index contributed by atoms with van der Waals surface area (Å²) in [6.07, 6.45) is -4.04. The molecule has 0 saturated heterocycles. The van der Waals surface area contributed by atoms with Gasteiger partial charge in [-0.05, 0) is 24.6 Å². The van der Waals surface area contributed by atoms with Crippen molar-refractivity contribution in [1.82, 2.24) is 0 Å². The number of hydrogen-bond acceptors (Lipinski definition) is 3. The summed E-state index contributed by atoms with van der Waals surface area (Å²) in [6, 6.07) is 4.54. The molecule has 3 nitrogen and oxygen atoms in total. The van der Waals surface area contributed by atoms with Gasteiger partial charge in [-0.2, -0.15) is 18.4 Å². The van der Waals surface area contributed by atoms with Gasteiger partial charge >= 0.3 is 6.18 Å². The number of anilines is 1. The number of hydrogen-bond donors (Lipinski definition) is 2. The fourth-order valence-corrected chi connectivity index (χ4v) is 1.47. The van der Waals surface area contributed by atoms with Gasteiger partial charge in [0, 0.05) is 11.7 Å². The molecule has 0 aliphatic heterocycles. The summed E-state index contributed by atoms with van der Waals surface area (Å²) in [5, 5.41) is 20.2. The van der Waals surface area contributed by atoms with Crippen molar-refractivity contribution in [3.8, 4) is 6.07 Å². The molecule has 0 heterocycles. The minimum absolute atomic E-state index is 0.0510. The summed E-state index contributed by atoms with van der Waals surface area (Å²) in [6.45, 7) is 1.50. The Kier molecular flexibility index (Phi) is 4.56. The zero-order valence-corrected chi connectivity index (χ0v) is 9.75. The van der Waals surface area contributed by atoms with Crippen LogP contribution in [-0.4, -0.2) is 17.8 Å². The lowest BCUT2D eigenvalue weighted by molar-refractivity contribution is -0.137. The smallest absolute Gasteiger partial charge is 0.394 e. The minimum Gasteiger partial charge on any atom is -0.394 e. The third-order valence-electron chi connectivity index (χ3n) is 2.53. The van der Waals surface area contributed by atoms with Gasteiger partial charge in [0.1, 0.15) is 0 Å². The number of aliphatic hydroxyl groups excluding tert-OH is 1. The average molecular weight is 258 g/mol. The Morgan fingerprint density at radius 2 is 2.11 bits per heavy atom. The Morgan fingerprint density at radius 1 is 1.44 bits per heavy atom. The molecule has 0 bridgehead atoms. The Labute approximate surface area is 103 Å². The summed E-state index contributed by atoms with van der Waals surface area (Å²) in [5.74, 6) is 0. The molecule has 0 saturated carbocycles. The van der Waals surface area contributed by atoms with E-state index in [2.05, 4.69) is 5.32 Å². The van der Waals surface area contributed by atoms with Crippen molar-refractivity contribution in [3.63, 3.8) is 0 Å². The van der Waals surface area contributed by atoms with Crippen LogP contribution in [0.25, 0.3) is 0 Å². The summed E-state index contributed by atoms with van der Waals surface area (Å²) in [4.78, 5) is 0. The number of rotatable bonds is 4. The number of aliphatic hydroxyl groups is 1. The van der Waals surface area contributed by atoms with Crippen LogP contribution in [-0.2, 0) is 6.18 Å². The van der Waals surface area contributed by atoms with Crippen molar-refractivity contribution in [2.45, 2.75) is 25.6 Å². The summed E-state index contributed by atoms with van der Waals surface area (Å²) in [5.41, 5.74) is -1.07. The van der Waals surface area contributed by atoms with Crippen LogP contribution in [0.15, 0.2) is 18.2 Å². The topological polar surface area (TPSA) is 56.0 Å². The van der Waals surface area contributed by atoms with Crippen LogP contribution >= 0.6 is 0 Å². The fraction of sp³-hybridized carbons (Fsp3) is 0.417. The number of benzene rings is 1. The first-order valence-corrected chi connectivity index (χ1v) is 5.41. The fourth-order valence-electron chi connectivity index (χ4n) is 1.47. The molecule has 1 aromatic carbocycles. The normalized spacial score (nSPS) is 12.9. The number of nitrogens with zero attached hydrogens (tertiary/aromatic N) is 1. The van der Waals surface area contributed by atoms with Crippen LogP contribution < -0.4 is 5.32 Å². The van der Waals surface area contributed by atoms with E-state index < -0.39 is 17.8 Å². The van der Waals surface area contributed by atoms with E-state index in [9.17, 15) is 13.2 Å². The van der Waals surface area contributed by atoms with Gasteiger partial charge in [0.25, 0.3) is 0 Å². The zero-order valence-electron chi connectivity index (χ0n) is 9.75. The Balaban J connectivity index is 3.15. The Morgan fingerprint density at radius 3 is 2.56 bits per heavy atom. The van der Waals surface area contributed by atoms with Crippen molar-refractivity contribution in [1.29, 1.82) is 5.26 Å². The molecular formula is C12H13F3N2O. The van der Waals surface area contributed by atoms with E-state index in [0.717, 1.165) is 6.07 Å². The molecule has 0 amide bonds. The third kappa shape index (κ3) is 3.37. The highest BCUT2D eigenvalue weighted by Gasteiger charge is 2.34. The second-order valence-corrected chi connectivity index (χ2v) is 3.80. The minimum atomic E-state index is -4.54. The summed E-state index contributed by atoms with van der Waals surface area (Å²) < 4.78 is 38.4. The van der Waals surface area contributed by atoms with E-state index in [-0.39, 0.29) is 17.9 Å². The molecule has 98 valence electrons. The van der Waals surface area contributed by atoms with Crippen molar-refractivity contribution in [2.24, 2.45) is 0 Å². The van der Waals surface area contributed by atoms with Gasteiger partial charge in [-0.1, -0.05) is 6.92 Å². The predicted molar refractivity (Wildman–Crippen MR) is 60.9 cm³/mol. The van der Waals surface area contributed by atoms with Gasteiger partial charge in [-0.3, -0.25) is 0 Å². The lowest BCUT2D eigenvalue weighted by Crippen LogP contribution is -2.24. The van der Waals surface area contributed by atoms with E-state index in [0.29, 0.717) is 6.42 Å². The maximum Gasteiger partial charge on any atom is 0.418 e. The van der Waals surface area contributed by atoms with E-state index in [1.54, 1.807) is 13.0 Å². The first-order chi connectivity index (χ1) is 8.42. The average Bonchev–Trinajstić information content (AvgIpc) is 2.34. The second-order valence-electron chi connectivity index (χ2n) is 3.80. The van der Waals surface area contributed by atoms with Gasteiger partial charge in [-0.15, -0.1) is 0 Å². The van der Waals surface area contributed by atoms with Gasteiger partial charge in [0.15, 0.2) is 0 Å². The lowest BCUT2D eigenvalue weighted by atomic mass is 10.1. The van der Waals surface area contributed by atoms with Crippen LogP contribution in [0.2, 0.25) is 0 Å². The molecule has 6 heteroatoms. The number of halogens is 3. The molecule has 1 aromatic rings. The SMILES string of the molecule is CC[C@@H](CO)Nc1ccc(C#N)cc1C(F)(F)F.